The minimum Gasteiger partial charge on any atom is -0.479 e. The predicted molar refractivity (Wildman–Crippen MR) is 84.9 cm³/mol. The van der Waals surface area contributed by atoms with Gasteiger partial charge >= 0.3 is 5.97 Å². The van der Waals surface area contributed by atoms with Gasteiger partial charge in [-0.05, 0) is 46.4 Å². The summed E-state index contributed by atoms with van der Waals surface area (Å²) in [7, 11) is 0. The number of rotatable bonds is 4. The van der Waals surface area contributed by atoms with Gasteiger partial charge < -0.3 is 10.0 Å². The molecule has 2 aromatic rings. The van der Waals surface area contributed by atoms with E-state index in [0.29, 0.717) is 25.8 Å². The van der Waals surface area contributed by atoms with E-state index in [1.165, 1.54) is 4.90 Å². The van der Waals surface area contributed by atoms with E-state index in [9.17, 15) is 14.7 Å². The van der Waals surface area contributed by atoms with Crippen molar-refractivity contribution in [2.45, 2.75) is 25.3 Å². The molecule has 1 amide bonds. The average Bonchev–Trinajstić information content (AvgIpc) is 3.04. The Morgan fingerprint density at radius 3 is 2.82 bits per heavy atom. The zero-order chi connectivity index (χ0) is 15.5. The summed E-state index contributed by atoms with van der Waals surface area (Å²) in [6.07, 6.45) is 1.72. The molecule has 1 unspecified atom stereocenters. The van der Waals surface area contributed by atoms with Gasteiger partial charge in [0.15, 0.2) is 6.04 Å². The second kappa shape index (κ2) is 6.32. The number of thiophene rings is 1. The summed E-state index contributed by atoms with van der Waals surface area (Å²) in [6.45, 7) is 0.469. The third-order valence-corrected chi connectivity index (χ3v) is 4.78. The van der Waals surface area contributed by atoms with Crippen molar-refractivity contribution < 1.29 is 14.7 Å². The summed E-state index contributed by atoms with van der Waals surface area (Å²) < 4.78 is 0. The summed E-state index contributed by atoms with van der Waals surface area (Å²) >= 11 is 1.60. The first-order chi connectivity index (χ1) is 10.7. The smallest absolute Gasteiger partial charge is 0.331 e. The summed E-state index contributed by atoms with van der Waals surface area (Å²) in [4.78, 5) is 25.7. The van der Waals surface area contributed by atoms with E-state index in [4.69, 9.17) is 0 Å². The summed E-state index contributed by atoms with van der Waals surface area (Å²) in [5, 5.41) is 13.6. The molecule has 1 atom stereocenters. The van der Waals surface area contributed by atoms with Crippen LogP contribution in [0.25, 0.3) is 0 Å². The van der Waals surface area contributed by atoms with Crippen LogP contribution in [0.2, 0.25) is 0 Å². The Morgan fingerprint density at radius 2 is 2.09 bits per heavy atom. The maximum Gasteiger partial charge on any atom is 0.331 e. The zero-order valence-corrected chi connectivity index (χ0v) is 12.9. The van der Waals surface area contributed by atoms with Gasteiger partial charge in [0.25, 0.3) is 0 Å². The van der Waals surface area contributed by atoms with E-state index in [0.717, 1.165) is 16.7 Å². The van der Waals surface area contributed by atoms with Crippen molar-refractivity contribution in [3.8, 4) is 0 Å². The fourth-order valence-electron chi connectivity index (χ4n) is 2.93. The molecule has 1 aromatic heterocycles. The number of benzene rings is 1. The molecule has 0 spiro atoms. The molecule has 3 rings (SSSR count). The highest BCUT2D eigenvalue weighted by molar-refractivity contribution is 7.07. The maximum atomic E-state index is 12.5. The normalized spacial score (nSPS) is 17.1. The van der Waals surface area contributed by atoms with Crippen LogP contribution in [0.4, 0.5) is 0 Å². The van der Waals surface area contributed by atoms with Crippen LogP contribution in [0.5, 0.6) is 0 Å². The number of hydrogen-bond donors (Lipinski definition) is 1. The molecular weight excluding hydrogens is 298 g/mol. The predicted octanol–water partition coefficient (Wildman–Crippen LogP) is 2.89. The van der Waals surface area contributed by atoms with Crippen LogP contribution in [0.3, 0.4) is 0 Å². The summed E-state index contributed by atoms with van der Waals surface area (Å²) in [5.74, 6) is -1.05. The molecule has 5 heteroatoms. The van der Waals surface area contributed by atoms with Crippen LogP contribution in [0.1, 0.15) is 29.2 Å². The molecule has 0 fully saturated rings. The first-order valence-corrected chi connectivity index (χ1v) is 8.22. The SMILES string of the molecule is O=C(O)C1c2ccccc2CCN1C(=O)CCc1ccsc1. The summed E-state index contributed by atoms with van der Waals surface area (Å²) in [6, 6.07) is 8.63. The quantitative estimate of drug-likeness (QED) is 0.944. The minimum absolute atomic E-state index is 0.0897. The van der Waals surface area contributed by atoms with Crippen molar-refractivity contribution in [2.24, 2.45) is 0 Å². The Kier molecular flexibility index (Phi) is 4.24. The lowest BCUT2D eigenvalue weighted by atomic mass is 9.92. The Morgan fingerprint density at radius 1 is 1.27 bits per heavy atom. The number of fused-ring (bicyclic) bond motifs is 1. The molecule has 0 radical (unpaired) electrons. The van der Waals surface area contributed by atoms with E-state index in [2.05, 4.69) is 0 Å². The molecule has 0 aliphatic carbocycles. The molecule has 4 nitrogen and oxygen atoms in total. The minimum atomic E-state index is -0.962. The first kappa shape index (κ1) is 14.8. The third-order valence-electron chi connectivity index (χ3n) is 4.05. The molecule has 0 saturated carbocycles. The maximum absolute atomic E-state index is 12.5. The molecule has 1 N–H and O–H groups in total. The molecule has 114 valence electrons. The van der Waals surface area contributed by atoms with Gasteiger partial charge in [-0.3, -0.25) is 4.79 Å². The second-order valence-corrected chi connectivity index (χ2v) is 6.19. The van der Waals surface area contributed by atoms with E-state index in [1.807, 2.05) is 41.1 Å². The lowest BCUT2D eigenvalue weighted by Crippen LogP contribution is -2.43. The van der Waals surface area contributed by atoms with Crippen molar-refractivity contribution in [1.82, 2.24) is 4.90 Å². The van der Waals surface area contributed by atoms with Crippen molar-refractivity contribution in [3.05, 3.63) is 57.8 Å². The molecule has 22 heavy (non-hydrogen) atoms. The van der Waals surface area contributed by atoms with Gasteiger partial charge in [-0.25, -0.2) is 4.79 Å². The first-order valence-electron chi connectivity index (χ1n) is 7.28. The molecule has 0 saturated heterocycles. The number of aryl methyl sites for hydroxylation is 1. The number of hydrogen-bond acceptors (Lipinski definition) is 3. The number of carboxylic acid groups (broad SMARTS) is 1. The molecule has 2 heterocycles. The summed E-state index contributed by atoms with van der Waals surface area (Å²) in [5.41, 5.74) is 2.89. The molecule has 0 bridgehead atoms. The molecule has 1 aliphatic heterocycles. The van der Waals surface area contributed by atoms with Gasteiger partial charge in [0.1, 0.15) is 0 Å². The Bertz CT molecular complexity index is 681. The lowest BCUT2D eigenvalue weighted by molar-refractivity contribution is -0.151. The van der Waals surface area contributed by atoms with Gasteiger partial charge in [0.05, 0.1) is 0 Å². The number of carbonyl (C=O) groups excluding carboxylic acids is 1. The molecular formula is C17H17NO3S. The van der Waals surface area contributed by atoms with E-state index >= 15 is 0 Å². The highest BCUT2D eigenvalue weighted by Gasteiger charge is 2.35. The number of carbonyl (C=O) groups is 2. The Labute approximate surface area is 133 Å². The Hall–Kier alpha value is -2.14. The number of nitrogens with zero attached hydrogens (tertiary/aromatic N) is 1. The highest BCUT2D eigenvalue weighted by atomic mass is 32.1. The second-order valence-electron chi connectivity index (χ2n) is 5.41. The van der Waals surface area contributed by atoms with E-state index in [1.54, 1.807) is 11.3 Å². The van der Waals surface area contributed by atoms with Crippen LogP contribution >= 0.6 is 11.3 Å². The van der Waals surface area contributed by atoms with Gasteiger partial charge in [0, 0.05) is 13.0 Å². The van der Waals surface area contributed by atoms with Crippen LogP contribution in [0.15, 0.2) is 41.1 Å². The monoisotopic (exact) mass is 315 g/mol. The molecule has 1 aliphatic rings. The zero-order valence-electron chi connectivity index (χ0n) is 12.1. The van der Waals surface area contributed by atoms with Crippen LogP contribution in [-0.4, -0.2) is 28.4 Å². The fraction of sp³-hybridized carbons (Fsp3) is 0.294. The number of carboxylic acids is 1. The van der Waals surface area contributed by atoms with Crippen molar-refractivity contribution >= 4 is 23.2 Å². The van der Waals surface area contributed by atoms with Crippen molar-refractivity contribution in [2.75, 3.05) is 6.54 Å². The largest absolute Gasteiger partial charge is 0.479 e. The fourth-order valence-corrected chi connectivity index (χ4v) is 3.63. The van der Waals surface area contributed by atoms with Gasteiger partial charge in [-0.1, -0.05) is 24.3 Å². The number of amides is 1. The van der Waals surface area contributed by atoms with Crippen LogP contribution < -0.4 is 0 Å². The van der Waals surface area contributed by atoms with Crippen molar-refractivity contribution in [1.29, 1.82) is 0 Å². The Balaban J connectivity index is 1.78. The van der Waals surface area contributed by atoms with Gasteiger partial charge in [0.2, 0.25) is 5.91 Å². The topological polar surface area (TPSA) is 57.6 Å². The highest BCUT2D eigenvalue weighted by Crippen LogP contribution is 2.30. The van der Waals surface area contributed by atoms with E-state index < -0.39 is 12.0 Å². The van der Waals surface area contributed by atoms with Crippen LogP contribution in [0, 0.1) is 0 Å². The van der Waals surface area contributed by atoms with E-state index in [-0.39, 0.29) is 5.91 Å². The number of aliphatic carboxylic acids is 1. The average molecular weight is 315 g/mol. The van der Waals surface area contributed by atoms with Crippen molar-refractivity contribution in [3.63, 3.8) is 0 Å². The van der Waals surface area contributed by atoms with Gasteiger partial charge in [-0.15, -0.1) is 0 Å². The third kappa shape index (κ3) is 2.90. The lowest BCUT2D eigenvalue weighted by Gasteiger charge is -2.34. The van der Waals surface area contributed by atoms with Gasteiger partial charge in [-0.2, -0.15) is 11.3 Å². The standard InChI is InChI=1S/C17H17NO3S/c19-15(6-5-12-8-10-22-11-12)18-9-7-13-3-1-2-4-14(13)16(18)17(20)21/h1-4,8,10-11,16H,5-7,9H2,(H,20,21). The van der Waals surface area contributed by atoms with Crippen LogP contribution in [-0.2, 0) is 22.4 Å². The molecule has 1 aromatic carbocycles.